The third-order valence-electron chi connectivity index (χ3n) is 3.58. The number of nitrogen functional groups attached to an aromatic ring is 1. The smallest absolute Gasteiger partial charge is 0.0504 e. The minimum Gasteiger partial charge on any atom is -0.398 e. The van der Waals surface area contributed by atoms with E-state index in [1.165, 1.54) is 11.3 Å². The highest BCUT2D eigenvalue weighted by molar-refractivity contribution is 9.11. The van der Waals surface area contributed by atoms with Crippen LogP contribution in [0.25, 0.3) is 0 Å². The van der Waals surface area contributed by atoms with Crippen LogP contribution in [0.2, 0.25) is 0 Å². The van der Waals surface area contributed by atoms with Crippen LogP contribution in [0.3, 0.4) is 0 Å². The van der Waals surface area contributed by atoms with Gasteiger partial charge in [-0.1, -0.05) is 22.0 Å². The molecule has 0 aromatic heterocycles. The molecule has 2 rings (SSSR count). The number of allylic oxidation sites excluding steroid dienone is 1. The Morgan fingerprint density at radius 3 is 2.79 bits per heavy atom. The third kappa shape index (κ3) is 4.00. The normalized spacial score (nSPS) is 19.6. The Bertz CT molecular complexity index is 502. The number of benzene rings is 1. The summed E-state index contributed by atoms with van der Waals surface area (Å²) < 4.78 is 2.00. The molecule has 0 radical (unpaired) electrons. The van der Waals surface area contributed by atoms with E-state index in [0.29, 0.717) is 6.04 Å². The molecule has 1 aliphatic carbocycles. The van der Waals surface area contributed by atoms with Crippen LogP contribution in [0, 0.1) is 0 Å². The van der Waals surface area contributed by atoms with E-state index in [2.05, 4.69) is 68.6 Å². The molecule has 1 aromatic rings. The van der Waals surface area contributed by atoms with Crippen molar-refractivity contribution in [3.05, 3.63) is 37.6 Å². The van der Waals surface area contributed by atoms with Crippen LogP contribution in [0.15, 0.2) is 32.1 Å². The topological polar surface area (TPSA) is 29.3 Å². The van der Waals surface area contributed by atoms with Crippen molar-refractivity contribution in [3.8, 4) is 0 Å². The first-order chi connectivity index (χ1) is 8.97. The molecule has 0 saturated heterocycles. The van der Waals surface area contributed by atoms with Crippen molar-refractivity contribution in [2.75, 3.05) is 12.8 Å². The van der Waals surface area contributed by atoms with Gasteiger partial charge >= 0.3 is 0 Å². The maximum atomic E-state index is 6.13. The van der Waals surface area contributed by atoms with Crippen LogP contribution in [-0.2, 0) is 6.54 Å². The molecule has 0 aliphatic heterocycles. The maximum Gasteiger partial charge on any atom is 0.0504 e. The molecule has 2 N–H and O–H groups in total. The predicted molar refractivity (Wildman–Crippen MR) is 92.4 cm³/mol. The summed E-state index contributed by atoms with van der Waals surface area (Å²) in [5.74, 6) is 0. The van der Waals surface area contributed by atoms with Crippen molar-refractivity contribution < 1.29 is 0 Å². The van der Waals surface area contributed by atoms with Gasteiger partial charge in [0.25, 0.3) is 0 Å². The molecule has 0 heterocycles. The molecule has 0 fully saturated rings. The Morgan fingerprint density at radius 2 is 2.16 bits per heavy atom. The van der Waals surface area contributed by atoms with Gasteiger partial charge in [-0.05, 0) is 64.8 Å². The molecule has 0 spiro atoms. The lowest BCUT2D eigenvalue weighted by Gasteiger charge is -2.30. The number of thiol groups is 1. The quantitative estimate of drug-likeness (QED) is 0.568. The molecular weight excluding hydrogens is 388 g/mol. The molecule has 0 saturated carbocycles. The van der Waals surface area contributed by atoms with Crippen LogP contribution in [0.4, 0.5) is 5.69 Å². The second-order valence-electron chi connectivity index (χ2n) is 5.00. The standard InChI is InChI=1S/C14H18Br2N2S/c1-18(11-2-4-12(19)5-3-11)8-9-6-10(15)7-13(16)14(9)17/h4,6-7,11,19H,2-3,5,8,17H2,1H3. The van der Waals surface area contributed by atoms with Gasteiger partial charge in [-0.3, -0.25) is 4.90 Å². The predicted octanol–water partition coefficient (Wildman–Crippen LogP) is 4.59. The molecule has 104 valence electrons. The Morgan fingerprint density at radius 1 is 1.42 bits per heavy atom. The fourth-order valence-corrected chi connectivity index (χ4v) is 3.92. The highest BCUT2D eigenvalue weighted by Gasteiger charge is 2.18. The summed E-state index contributed by atoms with van der Waals surface area (Å²) in [6, 6.07) is 4.65. The summed E-state index contributed by atoms with van der Waals surface area (Å²) in [4.78, 5) is 3.59. The Hall–Kier alpha value is 0.0300. The average molecular weight is 406 g/mol. The summed E-state index contributed by atoms with van der Waals surface area (Å²) in [5.41, 5.74) is 8.12. The molecule has 5 heteroatoms. The Balaban J connectivity index is 2.09. The lowest BCUT2D eigenvalue weighted by molar-refractivity contribution is 0.219. The first-order valence-electron chi connectivity index (χ1n) is 6.29. The van der Waals surface area contributed by atoms with Crippen molar-refractivity contribution >= 4 is 50.2 Å². The van der Waals surface area contributed by atoms with E-state index in [9.17, 15) is 0 Å². The van der Waals surface area contributed by atoms with Crippen LogP contribution in [-0.4, -0.2) is 18.0 Å². The third-order valence-corrected chi connectivity index (χ3v) is 5.10. The lowest BCUT2D eigenvalue weighted by atomic mass is 10.00. The molecule has 19 heavy (non-hydrogen) atoms. The number of nitrogens with two attached hydrogens (primary N) is 1. The zero-order valence-corrected chi connectivity index (χ0v) is 14.9. The van der Waals surface area contributed by atoms with Crippen molar-refractivity contribution in [1.29, 1.82) is 0 Å². The van der Waals surface area contributed by atoms with Gasteiger partial charge in [-0.15, -0.1) is 12.6 Å². The van der Waals surface area contributed by atoms with Crippen molar-refractivity contribution in [2.24, 2.45) is 0 Å². The van der Waals surface area contributed by atoms with Gasteiger partial charge < -0.3 is 5.73 Å². The second-order valence-corrected chi connectivity index (χ2v) is 7.34. The molecule has 1 atom stereocenters. The molecule has 1 aliphatic rings. The van der Waals surface area contributed by atoms with E-state index in [1.54, 1.807) is 0 Å². The summed E-state index contributed by atoms with van der Waals surface area (Å²) in [5, 5.41) is 0. The number of hydrogen-bond acceptors (Lipinski definition) is 3. The fraction of sp³-hybridized carbons (Fsp3) is 0.429. The van der Waals surface area contributed by atoms with E-state index < -0.39 is 0 Å². The van der Waals surface area contributed by atoms with Crippen LogP contribution in [0.1, 0.15) is 24.8 Å². The van der Waals surface area contributed by atoms with E-state index in [1.807, 2.05) is 6.07 Å². The van der Waals surface area contributed by atoms with E-state index in [0.717, 1.165) is 39.6 Å². The maximum absolute atomic E-state index is 6.13. The second kappa shape index (κ2) is 6.66. The van der Waals surface area contributed by atoms with E-state index >= 15 is 0 Å². The van der Waals surface area contributed by atoms with E-state index in [4.69, 9.17) is 5.73 Å². The van der Waals surface area contributed by atoms with E-state index in [-0.39, 0.29) is 0 Å². The number of nitrogens with zero attached hydrogens (tertiary/aromatic N) is 1. The zero-order chi connectivity index (χ0) is 14.0. The zero-order valence-electron chi connectivity index (χ0n) is 10.9. The molecule has 1 aromatic carbocycles. The number of hydrogen-bond donors (Lipinski definition) is 2. The molecule has 0 bridgehead atoms. The lowest BCUT2D eigenvalue weighted by Crippen LogP contribution is -2.32. The van der Waals surface area contributed by atoms with Gasteiger partial charge in [0.2, 0.25) is 0 Å². The first kappa shape index (κ1) is 15.4. The highest BCUT2D eigenvalue weighted by atomic mass is 79.9. The molecule has 2 nitrogen and oxygen atoms in total. The SMILES string of the molecule is CN(Cc1cc(Br)cc(Br)c1N)C1CC=C(S)CC1. The number of rotatable bonds is 3. The van der Waals surface area contributed by atoms with Crippen LogP contribution < -0.4 is 5.73 Å². The minimum absolute atomic E-state index is 0.577. The molecule has 1 unspecified atom stereocenters. The Labute approximate surface area is 137 Å². The van der Waals surface area contributed by atoms with Gasteiger partial charge in [0, 0.05) is 21.5 Å². The summed E-state index contributed by atoms with van der Waals surface area (Å²) in [6.45, 7) is 0.865. The van der Waals surface area contributed by atoms with Crippen molar-refractivity contribution in [2.45, 2.75) is 31.8 Å². The van der Waals surface area contributed by atoms with Gasteiger partial charge in [0.1, 0.15) is 0 Å². The van der Waals surface area contributed by atoms with Gasteiger partial charge in [-0.2, -0.15) is 0 Å². The average Bonchev–Trinajstić information content (AvgIpc) is 2.36. The fourth-order valence-electron chi connectivity index (χ4n) is 2.37. The molecule has 0 amide bonds. The van der Waals surface area contributed by atoms with Crippen molar-refractivity contribution in [3.63, 3.8) is 0 Å². The van der Waals surface area contributed by atoms with Gasteiger partial charge in [0.05, 0.1) is 5.69 Å². The molecular formula is C14H18Br2N2S. The summed E-state index contributed by atoms with van der Waals surface area (Å²) in [7, 11) is 2.16. The number of halogens is 2. The monoisotopic (exact) mass is 404 g/mol. The summed E-state index contributed by atoms with van der Waals surface area (Å²) >= 11 is 11.4. The van der Waals surface area contributed by atoms with Crippen molar-refractivity contribution in [1.82, 2.24) is 4.90 Å². The Kier molecular flexibility index (Phi) is 5.40. The highest BCUT2D eigenvalue weighted by Crippen LogP contribution is 2.30. The first-order valence-corrected chi connectivity index (χ1v) is 8.32. The summed E-state index contributed by atoms with van der Waals surface area (Å²) in [6.07, 6.45) is 5.55. The van der Waals surface area contributed by atoms with Gasteiger partial charge in [0.15, 0.2) is 0 Å². The van der Waals surface area contributed by atoms with Crippen LogP contribution in [0.5, 0.6) is 0 Å². The minimum atomic E-state index is 0.577. The van der Waals surface area contributed by atoms with Gasteiger partial charge in [-0.25, -0.2) is 0 Å². The number of anilines is 1. The van der Waals surface area contributed by atoms with Crippen LogP contribution >= 0.6 is 44.5 Å². The largest absolute Gasteiger partial charge is 0.398 e.